The Morgan fingerprint density at radius 1 is 1.58 bits per heavy atom. The van der Waals surface area contributed by atoms with Crippen molar-refractivity contribution in [3.8, 4) is 0 Å². The first-order chi connectivity index (χ1) is 8.99. The first-order valence-electron chi connectivity index (χ1n) is 6.51. The number of pyridine rings is 1. The van der Waals surface area contributed by atoms with Crippen molar-refractivity contribution >= 4 is 6.03 Å². The summed E-state index contributed by atoms with van der Waals surface area (Å²) < 4.78 is 5.40. The van der Waals surface area contributed by atoms with Crippen LogP contribution in [0.1, 0.15) is 25.1 Å². The number of carbonyl (C=O) groups is 1. The third-order valence-corrected chi connectivity index (χ3v) is 3.56. The Kier molecular flexibility index (Phi) is 4.04. The number of aromatic nitrogens is 1. The number of carbonyl (C=O) groups excluding carboxylic acids is 1. The van der Waals surface area contributed by atoms with E-state index < -0.39 is 0 Å². The summed E-state index contributed by atoms with van der Waals surface area (Å²) in [6.07, 6.45) is 1.75. The molecule has 1 fully saturated rings. The lowest BCUT2D eigenvalue weighted by molar-refractivity contribution is 0.166. The molecule has 104 valence electrons. The van der Waals surface area contributed by atoms with Gasteiger partial charge >= 0.3 is 6.03 Å². The van der Waals surface area contributed by atoms with Gasteiger partial charge in [0.1, 0.15) is 0 Å². The molecule has 1 aliphatic rings. The predicted octanol–water partition coefficient (Wildman–Crippen LogP) is 1.61. The molecular formula is C14H21N3O2. The van der Waals surface area contributed by atoms with Crippen LogP contribution >= 0.6 is 0 Å². The van der Waals surface area contributed by atoms with Gasteiger partial charge in [0.15, 0.2) is 0 Å². The van der Waals surface area contributed by atoms with Crippen LogP contribution in [0.3, 0.4) is 0 Å². The SMILES string of the molecule is Cc1ncccc1CNC(=O)N[C@H]1COCC1(C)C. The van der Waals surface area contributed by atoms with Gasteiger partial charge in [-0.3, -0.25) is 4.98 Å². The molecule has 1 atom stereocenters. The fourth-order valence-electron chi connectivity index (χ4n) is 2.09. The topological polar surface area (TPSA) is 63.2 Å². The second-order valence-corrected chi connectivity index (χ2v) is 5.63. The quantitative estimate of drug-likeness (QED) is 0.871. The van der Waals surface area contributed by atoms with Gasteiger partial charge in [0.25, 0.3) is 0 Å². The summed E-state index contributed by atoms with van der Waals surface area (Å²) in [6, 6.07) is 3.73. The molecule has 5 nitrogen and oxygen atoms in total. The van der Waals surface area contributed by atoms with Crippen molar-refractivity contribution in [2.75, 3.05) is 13.2 Å². The minimum absolute atomic E-state index is 0.0123. The molecule has 19 heavy (non-hydrogen) atoms. The monoisotopic (exact) mass is 263 g/mol. The number of aryl methyl sites for hydroxylation is 1. The van der Waals surface area contributed by atoms with Gasteiger partial charge in [0, 0.05) is 23.9 Å². The van der Waals surface area contributed by atoms with E-state index in [2.05, 4.69) is 29.5 Å². The van der Waals surface area contributed by atoms with Crippen LogP contribution in [0, 0.1) is 12.3 Å². The van der Waals surface area contributed by atoms with Crippen LogP contribution < -0.4 is 10.6 Å². The van der Waals surface area contributed by atoms with Crippen LogP contribution in [-0.2, 0) is 11.3 Å². The van der Waals surface area contributed by atoms with Crippen LogP contribution in [0.4, 0.5) is 4.79 Å². The summed E-state index contributed by atoms with van der Waals surface area (Å²) >= 11 is 0. The van der Waals surface area contributed by atoms with Crippen molar-refractivity contribution in [3.63, 3.8) is 0 Å². The smallest absolute Gasteiger partial charge is 0.315 e. The first-order valence-corrected chi connectivity index (χ1v) is 6.51. The highest BCUT2D eigenvalue weighted by molar-refractivity contribution is 5.74. The summed E-state index contributed by atoms with van der Waals surface area (Å²) in [6.45, 7) is 7.86. The molecule has 1 saturated heterocycles. The Hall–Kier alpha value is -1.62. The average molecular weight is 263 g/mol. The highest BCUT2D eigenvalue weighted by Crippen LogP contribution is 2.27. The molecule has 1 aromatic heterocycles. The number of nitrogens with one attached hydrogen (secondary N) is 2. The van der Waals surface area contributed by atoms with E-state index in [1.807, 2.05) is 19.1 Å². The minimum Gasteiger partial charge on any atom is -0.379 e. The zero-order chi connectivity index (χ0) is 13.9. The Balaban J connectivity index is 1.84. The van der Waals surface area contributed by atoms with E-state index in [1.54, 1.807) is 6.20 Å². The van der Waals surface area contributed by atoms with Gasteiger partial charge in [-0.25, -0.2) is 4.79 Å². The lowest BCUT2D eigenvalue weighted by Gasteiger charge is -2.25. The maximum absolute atomic E-state index is 11.9. The highest BCUT2D eigenvalue weighted by Gasteiger charge is 2.36. The third kappa shape index (κ3) is 3.44. The van der Waals surface area contributed by atoms with Gasteiger partial charge < -0.3 is 15.4 Å². The number of ether oxygens (including phenoxy) is 1. The van der Waals surface area contributed by atoms with Crippen molar-refractivity contribution in [1.29, 1.82) is 0 Å². The molecule has 0 aliphatic carbocycles. The molecule has 1 aromatic rings. The molecule has 1 aliphatic heterocycles. The summed E-state index contributed by atoms with van der Waals surface area (Å²) in [5, 5.41) is 5.82. The lowest BCUT2D eigenvalue weighted by Crippen LogP contribution is -2.48. The lowest BCUT2D eigenvalue weighted by atomic mass is 9.88. The van der Waals surface area contributed by atoms with Crippen LogP contribution in [-0.4, -0.2) is 30.3 Å². The molecule has 5 heteroatoms. The Morgan fingerprint density at radius 2 is 2.37 bits per heavy atom. The average Bonchev–Trinajstić information content (AvgIpc) is 2.68. The minimum atomic E-state index is -0.160. The fraction of sp³-hybridized carbons (Fsp3) is 0.571. The maximum Gasteiger partial charge on any atom is 0.315 e. The van der Waals surface area contributed by atoms with Crippen molar-refractivity contribution in [2.24, 2.45) is 5.41 Å². The number of hydrogen-bond donors (Lipinski definition) is 2. The van der Waals surface area contributed by atoms with E-state index >= 15 is 0 Å². The van der Waals surface area contributed by atoms with Crippen LogP contribution in [0.25, 0.3) is 0 Å². The van der Waals surface area contributed by atoms with Crippen molar-refractivity contribution in [3.05, 3.63) is 29.6 Å². The Morgan fingerprint density at radius 3 is 3.00 bits per heavy atom. The Labute approximate surface area is 113 Å². The molecule has 0 spiro atoms. The van der Waals surface area contributed by atoms with E-state index in [4.69, 9.17) is 4.74 Å². The zero-order valence-corrected chi connectivity index (χ0v) is 11.7. The molecule has 0 unspecified atom stereocenters. The van der Waals surface area contributed by atoms with Gasteiger partial charge in [-0.15, -0.1) is 0 Å². The number of urea groups is 1. The van der Waals surface area contributed by atoms with E-state index in [9.17, 15) is 4.79 Å². The van der Waals surface area contributed by atoms with Crippen LogP contribution in [0.5, 0.6) is 0 Å². The molecule has 2 heterocycles. The highest BCUT2D eigenvalue weighted by atomic mass is 16.5. The van der Waals surface area contributed by atoms with E-state index in [1.165, 1.54) is 0 Å². The van der Waals surface area contributed by atoms with E-state index in [0.29, 0.717) is 19.8 Å². The summed E-state index contributed by atoms with van der Waals surface area (Å²) in [5.74, 6) is 0. The van der Waals surface area contributed by atoms with E-state index in [-0.39, 0.29) is 17.5 Å². The van der Waals surface area contributed by atoms with Gasteiger partial charge in [-0.05, 0) is 18.6 Å². The van der Waals surface area contributed by atoms with Gasteiger partial charge in [-0.1, -0.05) is 19.9 Å². The standard InChI is InChI=1S/C14H21N3O2/c1-10-11(5-4-6-15-10)7-16-13(18)17-12-8-19-9-14(12,2)3/h4-6,12H,7-9H2,1-3H3,(H2,16,17,18)/t12-/m0/s1. The zero-order valence-electron chi connectivity index (χ0n) is 11.7. The second-order valence-electron chi connectivity index (χ2n) is 5.63. The van der Waals surface area contributed by atoms with E-state index in [0.717, 1.165) is 11.3 Å². The van der Waals surface area contributed by atoms with Crippen molar-refractivity contribution in [2.45, 2.75) is 33.4 Å². The summed E-state index contributed by atoms with van der Waals surface area (Å²) in [5.41, 5.74) is 1.95. The van der Waals surface area contributed by atoms with Crippen LogP contribution in [0.2, 0.25) is 0 Å². The molecule has 0 saturated carbocycles. The number of nitrogens with zero attached hydrogens (tertiary/aromatic N) is 1. The van der Waals surface area contributed by atoms with Crippen molar-refractivity contribution < 1.29 is 9.53 Å². The molecular weight excluding hydrogens is 242 g/mol. The number of amides is 2. The molecule has 2 rings (SSSR count). The van der Waals surface area contributed by atoms with Crippen LogP contribution in [0.15, 0.2) is 18.3 Å². The van der Waals surface area contributed by atoms with Gasteiger partial charge in [0.2, 0.25) is 0 Å². The largest absolute Gasteiger partial charge is 0.379 e. The molecule has 2 N–H and O–H groups in total. The summed E-state index contributed by atoms with van der Waals surface area (Å²) in [7, 11) is 0. The fourth-order valence-corrected chi connectivity index (χ4v) is 2.09. The molecule has 0 radical (unpaired) electrons. The predicted molar refractivity (Wildman–Crippen MR) is 72.7 cm³/mol. The molecule has 2 amide bonds. The number of rotatable bonds is 3. The van der Waals surface area contributed by atoms with Crippen molar-refractivity contribution in [1.82, 2.24) is 15.6 Å². The first kappa shape index (κ1) is 13.8. The maximum atomic E-state index is 11.9. The summed E-state index contributed by atoms with van der Waals surface area (Å²) in [4.78, 5) is 16.1. The van der Waals surface area contributed by atoms with Gasteiger partial charge in [0.05, 0.1) is 19.3 Å². The molecule has 0 aromatic carbocycles. The normalized spacial score (nSPS) is 21.1. The number of hydrogen-bond acceptors (Lipinski definition) is 3. The molecule has 0 bridgehead atoms. The third-order valence-electron chi connectivity index (χ3n) is 3.56. The Bertz CT molecular complexity index is 460. The van der Waals surface area contributed by atoms with Gasteiger partial charge in [-0.2, -0.15) is 0 Å². The second kappa shape index (κ2) is 5.57.